The predicted molar refractivity (Wildman–Crippen MR) is 134 cm³/mol. The van der Waals surface area contributed by atoms with Crippen LogP contribution in [0.4, 0.5) is 14.7 Å². The summed E-state index contributed by atoms with van der Waals surface area (Å²) in [5.74, 6) is -2.67. The summed E-state index contributed by atoms with van der Waals surface area (Å²) < 4.78 is 29.0. The first-order valence-electron chi connectivity index (χ1n) is 12.0. The van der Waals surface area contributed by atoms with Crippen molar-refractivity contribution in [1.82, 2.24) is 14.5 Å². The van der Waals surface area contributed by atoms with Crippen LogP contribution in [0.1, 0.15) is 46.5 Å². The first-order chi connectivity index (χ1) is 17.3. The second-order valence-corrected chi connectivity index (χ2v) is 10.4. The average molecular weight is 513 g/mol. The third-order valence-corrected chi connectivity index (χ3v) is 7.91. The number of nitriles is 1. The maximum atomic E-state index is 13.7. The molecule has 4 heterocycles. The molecule has 1 atom stereocenters. The zero-order chi connectivity index (χ0) is 25.4. The Bertz CT molecular complexity index is 1400. The Morgan fingerprint density at radius 2 is 2.00 bits per heavy atom. The Kier molecular flexibility index (Phi) is 6.49. The van der Waals surface area contributed by atoms with Crippen LogP contribution in [0.3, 0.4) is 0 Å². The van der Waals surface area contributed by atoms with Crippen LogP contribution < -0.4 is 16.2 Å². The van der Waals surface area contributed by atoms with Gasteiger partial charge in [-0.05, 0) is 30.5 Å². The number of piperidine rings is 2. The number of hydrogen-bond donors (Lipinski definition) is 1. The minimum Gasteiger partial charge on any atom is -0.341 e. The second-order valence-electron chi connectivity index (χ2n) is 9.39. The van der Waals surface area contributed by atoms with Gasteiger partial charge in [0.25, 0.3) is 17.4 Å². The van der Waals surface area contributed by atoms with Crippen molar-refractivity contribution in [3.63, 3.8) is 0 Å². The molecule has 0 radical (unpaired) electrons. The third kappa shape index (κ3) is 4.70. The Balaban J connectivity index is 1.57. The molecule has 1 aromatic carbocycles. The molecule has 0 spiro atoms. The molecular weight excluding hydrogens is 486 g/mol. The summed E-state index contributed by atoms with van der Waals surface area (Å²) in [6.45, 7) is 1.31. The summed E-state index contributed by atoms with van der Waals surface area (Å²) >= 11 is 1.03. The van der Waals surface area contributed by atoms with Crippen LogP contribution in [0.15, 0.2) is 35.1 Å². The van der Waals surface area contributed by atoms with E-state index >= 15 is 0 Å². The number of halogens is 2. The lowest BCUT2D eigenvalue weighted by atomic mass is 10.1. The zero-order valence-corrected chi connectivity index (χ0v) is 20.4. The maximum Gasteiger partial charge on any atom is 0.273 e. The van der Waals surface area contributed by atoms with Crippen molar-refractivity contribution in [2.45, 2.75) is 44.2 Å². The number of rotatable bonds is 4. The third-order valence-electron chi connectivity index (χ3n) is 6.81. The molecular formula is C25H26F2N6O2S. The van der Waals surface area contributed by atoms with Crippen LogP contribution in [0.5, 0.6) is 0 Å². The monoisotopic (exact) mass is 512 g/mol. The SMILES string of the molecule is N#Cc1ccccc1Cn1c(N2CCCC(N)C2)nc2cc(C(=O)N3CCC(F)(F)CC3)sc2c1=O. The number of fused-ring (bicyclic) bond motifs is 1. The molecule has 5 rings (SSSR count). The number of anilines is 1. The number of aromatic nitrogens is 2. The van der Waals surface area contributed by atoms with Crippen molar-refractivity contribution in [1.29, 1.82) is 5.26 Å². The van der Waals surface area contributed by atoms with E-state index in [0.717, 1.165) is 24.2 Å². The molecule has 8 nitrogen and oxygen atoms in total. The van der Waals surface area contributed by atoms with Crippen molar-refractivity contribution in [2.75, 3.05) is 31.1 Å². The highest BCUT2D eigenvalue weighted by atomic mass is 32.1. The van der Waals surface area contributed by atoms with Crippen molar-refractivity contribution in [3.8, 4) is 6.07 Å². The van der Waals surface area contributed by atoms with Crippen molar-refractivity contribution in [2.24, 2.45) is 5.73 Å². The summed E-state index contributed by atoms with van der Waals surface area (Å²) in [7, 11) is 0. The number of carbonyl (C=O) groups excluding carboxylic acids is 1. The van der Waals surface area contributed by atoms with Crippen LogP contribution >= 0.6 is 11.3 Å². The van der Waals surface area contributed by atoms with Crippen LogP contribution in [0.25, 0.3) is 10.2 Å². The summed E-state index contributed by atoms with van der Waals surface area (Å²) in [6, 6.07) is 10.8. The highest BCUT2D eigenvalue weighted by molar-refractivity contribution is 7.20. The van der Waals surface area contributed by atoms with Gasteiger partial charge >= 0.3 is 0 Å². The molecule has 36 heavy (non-hydrogen) atoms. The Morgan fingerprint density at radius 3 is 2.72 bits per heavy atom. The minimum atomic E-state index is -2.75. The van der Waals surface area contributed by atoms with Gasteiger partial charge in [0.2, 0.25) is 5.95 Å². The summed E-state index contributed by atoms with van der Waals surface area (Å²) in [5.41, 5.74) is 7.45. The van der Waals surface area contributed by atoms with Gasteiger partial charge in [-0.1, -0.05) is 18.2 Å². The molecule has 2 N–H and O–H groups in total. The van der Waals surface area contributed by atoms with E-state index in [2.05, 4.69) is 6.07 Å². The number of nitrogens with zero attached hydrogens (tertiary/aromatic N) is 5. The lowest BCUT2D eigenvalue weighted by Gasteiger charge is -2.33. The normalized spacial score (nSPS) is 19.9. The van der Waals surface area contributed by atoms with E-state index in [4.69, 9.17) is 10.7 Å². The molecule has 11 heteroatoms. The van der Waals surface area contributed by atoms with Gasteiger partial charge in [0.1, 0.15) is 4.70 Å². The molecule has 3 aromatic rings. The molecule has 2 aromatic heterocycles. The number of hydrogen-bond acceptors (Lipinski definition) is 7. The van der Waals surface area contributed by atoms with E-state index in [-0.39, 0.29) is 50.0 Å². The highest BCUT2D eigenvalue weighted by Gasteiger charge is 2.36. The van der Waals surface area contributed by atoms with Gasteiger partial charge in [-0.2, -0.15) is 5.26 Å². The van der Waals surface area contributed by atoms with Gasteiger partial charge in [0.05, 0.1) is 28.6 Å². The lowest BCUT2D eigenvalue weighted by molar-refractivity contribution is -0.0493. The summed E-state index contributed by atoms with van der Waals surface area (Å²) in [4.78, 5) is 35.3. The predicted octanol–water partition coefficient (Wildman–Crippen LogP) is 3.18. The van der Waals surface area contributed by atoms with Gasteiger partial charge in [0, 0.05) is 45.1 Å². The van der Waals surface area contributed by atoms with Gasteiger partial charge in [0.15, 0.2) is 0 Å². The van der Waals surface area contributed by atoms with E-state index in [0.29, 0.717) is 45.3 Å². The highest BCUT2D eigenvalue weighted by Crippen LogP contribution is 2.31. The minimum absolute atomic E-state index is 0.0282. The topological polar surface area (TPSA) is 108 Å². The van der Waals surface area contributed by atoms with Crippen molar-refractivity contribution < 1.29 is 13.6 Å². The smallest absolute Gasteiger partial charge is 0.273 e. The van der Waals surface area contributed by atoms with Crippen LogP contribution in [0, 0.1) is 11.3 Å². The van der Waals surface area contributed by atoms with Crippen molar-refractivity contribution in [3.05, 3.63) is 56.7 Å². The fraction of sp³-hybridized carbons (Fsp3) is 0.440. The number of thiophene rings is 1. The largest absolute Gasteiger partial charge is 0.341 e. The molecule has 188 valence electrons. The maximum absolute atomic E-state index is 13.7. The summed E-state index contributed by atoms with van der Waals surface area (Å²) in [5, 5.41) is 9.54. The molecule has 0 aliphatic carbocycles. The standard InChI is InChI=1S/C25H26F2N6O2S/c26-25(27)7-10-31(11-8-25)22(34)20-12-19-21(36-20)23(35)33(14-17-5-2-1-4-16(17)13-28)24(30-19)32-9-3-6-18(29)15-32/h1-2,4-5,12,18H,3,6-11,14-15,29H2. The number of nitrogens with two attached hydrogens (primary N) is 1. The Labute approximate surface area is 210 Å². The number of benzene rings is 1. The first-order valence-corrected chi connectivity index (χ1v) is 12.8. The summed E-state index contributed by atoms with van der Waals surface area (Å²) in [6.07, 6.45) is 1.00. The quantitative estimate of drug-likeness (QED) is 0.575. The molecule has 1 amide bonds. The molecule has 2 aliphatic rings. The number of likely N-dealkylation sites (tertiary alicyclic amines) is 1. The van der Waals surface area contributed by atoms with E-state index in [1.807, 2.05) is 11.0 Å². The first kappa shape index (κ1) is 24.3. The number of carbonyl (C=O) groups is 1. The molecule has 2 aliphatic heterocycles. The fourth-order valence-corrected chi connectivity index (χ4v) is 5.82. The molecule has 2 fully saturated rings. The van der Waals surface area contributed by atoms with Gasteiger partial charge in [-0.3, -0.25) is 14.2 Å². The number of alkyl halides is 2. The van der Waals surface area contributed by atoms with E-state index in [9.17, 15) is 23.6 Å². The van der Waals surface area contributed by atoms with E-state index < -0.39 is 5.92 Å². The average Bonchev–Trinajstić information content (AvgIpc) is 3.30. The fourth-order valence-electron chi connectivity index (χ4n) is 4.81. The van der Waals surface area contributed by atoms with Crippen molar-refractivity contribution >= 4 is 33.4 Å². The lowest BCUT2D eigenvalue weighted by Crippen LogP contribution is -2.45. The number of amides is 1. The Morgan fingerprint density at radius 1 is 1.25 bits per heavy atom. The molecule has 2 saturated heterocycles. The molecule has 0 bridgehead atoms. The Hall–Kier alpha value is -3.36. The van der Waals surface area contributed by atoms with E-state index in [1.54, 1.807) is 28.8 Å². The zero-order valence-electron chi connectivity index (χ0n) is 19.6. The second kappa shape index (κ2) is 9.59. The molecule has 1 unspecified atom stereocenters. The van der Waals surface area contributed by atoms with E-state index in [1.165, 1.54) is 4.90 Å². The van der Waals surface area contributed by atoms with Gasteiger partial charge in [-0.25, -0.2) is 13.8 Å². The molecule has 0 saturated carbocycles. The van der Waals surface area contributed by atoms with Gasteiger partial charge < -0.3 is 15.5 Å². The van der Waals surface area contributed by atoms with Crippen LogP contribution in [-0.2, 0) is 6.54 Å². The van der Waals surface area contributed by atoms with Crippen LogP contribution in [-0.4, -0.2) is 58.5 Å². The van der Waals surface area contributed by atoms with Gasteiger partial charge in [-0.15, -0.1) is 11.3 Å². The van der Waals surface area contributed by atoms with Crippen LogP contribution in [0.2, 0.25) is 0 Å².